The highest BCUT2D eigenvalue weighted by atomic mass is 19.1. The molecule has 1 aliphatic heterocycles. The fraction of sp³-hybridized carbons (Fsp3) is 0.458. The smallest absolute Gasteiger partial charge is 0.248 e. The van der Waals surface area contributed by atoms with Crippen molar-refractivity contribution in [2.75, 3.05) is 53.6 Å². The molecule has 0 bridgehead atoms. The van der Waals surface area contributed by atoms with Crippen LogP contribution >= 0.6 is 0 Å². The van der Waals surface area contributed by atoms with Crippen molar-refractivity contribution in [2.24, 2.45) is 5.92 Å². The first-order chi connectivity index (χ1) is 15.0. The number of ether oxygens (including phenoxy) is 2. The zero-order chi connectivity index (χ0) is 22.2. The minimum absolute atomic E-state index is 0.00000690. The summed E-state index contributed by atoms with van der Waals surface area (Å²) >= 11 is 0. The average Bonchev–Trinajstić information content (AvgIpc) is 3.15. The number of rotatable bonds is 10. The maximum atomic E-state index is 14.2. The van der Waals surface area contributed by atoms with E-state index in [0.717, 1.165) is 5.56 Å². The average molecular weight is 433 g/mol. The van der Waals surface area contributed by atoms with Crippen LogP contribution in [0, 0.1) is 17.6 Å². The molecule has 1 amide bonds. The Balaban J connectivity index is 1.81. The number of hydrogen-bond acceptors (Lipinski definition) is 4. The third kappa shape index (κ3) is 6.32. The number of methoxy groups -OCH3 is 2. The van der Waals surface area contributed by atoms with Crippen molar-refractivity contribution >= 4 is 5.91 Å². The van der Waals surface area contributed by atoms with Crippen molar-refractivity contribution in [3.63, 3.8) is 0 Å². The summed E-state index contributed by atoms with van der Waals surface area (Å²) in [5.74, 6) is -0.514. The second-order valence-electron chi connectivity index (χ2n) is 7.97. The first-order valence-electron chi connectivity index (χ1n) is 10.5. The van der Waals surface area contributed by atoms with Crippen molar-refractivity contribution in [3.05, 3.63) is 71.3 Å². The quantitative estimate of drug-likeness (QED) is 0.578. The number of likely N-dealkylation sites (tertiary alicyclic amines) is 1. The number of amides is 1. The third-order valence-corrected chi connectivity index (χ3v) is 5.79. The van der Waals surface area contributed by atoms with Gasteiger partial charge in [0, 0.05) is 58.4 Å². The van der Waals surface area contributed by atoms with E-state index >= 15 is 0 Å². The third-order valence-electron chi connectivity index (χ3n) is 5.79. The first kappa shape index (κ1) is 23.3. The molecule has 31 heavy (non-hydrogen) atoms. The molecule has 168 valence electrons. The summed E-state index contributed by atoms with van der Waals surface area (Å²) in [4.78, 5) is 16.5. The SMILES string of the molecule is COCCN(CC1CN(Cc2ccccc2F)CC1c1cccc(F)c1)C(=O)COC. The lowest BCUT2D eigenvalue weighted by atomic mass is 9.88. The van der Waals surface area contributed by atoms with E-state index in [2.05, 4.69) is 4.90 Å². The van der Waals surface area contributed by atoms with Crippen molar-refractivity contribution in [3.8, 4) is 0 Å². The van der Waals surface area contributed by atoms with Crippen LogP contribution in [0.1, 0.15) is 17.0 Å². The fourth-order valence-corrected chi connectivity index (χ4v) is 4.27. The molecule has 1 fully saturated rings. The molecule has 1 aliphatic rings. The van der Waals surface area contributed by atoms with Gasteiger partial charge in [0.05, 0.1) is 6.61 Å². The summed E-state index contributed by atoms with van der Waals surface area (Å²) in [5.41, 5.74) is 1.53. The molecule has 2 unspecified atom stereocenters. The van der Waals surface area contributed by atoms with Gasteiger partial charge in [0.25, 0.3) is 0 Å². The van der Waals surface area contributed by atoms with Crippen LogP contribution in [0.15, 0.2) is 48.5 Å². The molecule has 1 heterocycles. The maximum absolute atomic E-state index is 14.2. The van der Waals surface area contributed by atoms with E-state index in [9.17, 15) is 13.6 Å². The molecule has 0 saturated carbocycles. The molecular formula is C24H30F2N2O3. The van der Waals surface area contributed by atoms with Crippen molar-refractivity contribution < 1.29 is 23.0 Å². The molecule has 0 aromatic heterocycles. The number of carbonyl (C=O) groups is 1. The van der Waals surface area contributed by atoms with Crippen molar-refractivity contribution in [2.45, 2.75) is 12.5 Å². The predicted octanol–water partition coefficient (Wildman–Crippen LogP) is 3.30. The van der Waals surface area contributed by atoms with E-state index in [1.54, 1.807) is 36.3 Å². The Morgan fingerprint density at radius 3 is 2.61 bits per heavy atom. The summed E-state index contributed by atoms with van der Waals surface area (Å²) in [6.45, 7) is 3.20. The summed E-state index contributed by atoms with van der Waals surface area (Å²) in [6, 6.07) is 13.4. The van der Waals surface area contributed by atoms with Gasteiger partial charge in [0.2, 0.25) is 5.91 Å². The highest BCUT2D eigenvalue weighted by molar-refractivity contribution is 5.77. The van der Waals surface area contributed by atoms with Gasteiger partial charge in [-0.25, -0.2) is 8.78 Å². The number of halogens is 2. The summed E-state index contributed by atoms with van der Waals surface area (Å²) in [7, 11) is 3.09. The summed E-state index contributed by atoms with van der Waals surface area (Å²) in [6.07, 6.45) is 0. The Morgan fingerprint density at radius 1 is 1.10 bits per heavy atom. The normalized spacial score (nSPS) is 19.0. The van der Waals surface area contributed by atoms with Crippen LogP contribution in [0.2, 0.25) is 0 Å². The van der Waals surface area contributed by atoms with Gasteiger partial charge >= 0.3 is 0 Å². The highest BCUT2D eigenvalue weighted by Gasteiger charge is 2.36. The van der Waals surface area contributed by atoms with Gasteiger partial charge in [-0.05, 0) is 29.7 Å². The van der Waals surface area contributed by atoms with E-state index in [1.807, 2.05) is 12.1 Å². The summed E-state index contributed by atoms with van der Waals surface area (Å²) in [5, 5.41) is 0. The molecule has 5 nitrogen and oxygen atoms in total. The zero-order valence-corrected chi connectivity index (χ0v) is 18.1. The van der Waals surface area contributed by atoms with Crippen LogP contribution in [0.25, 0.3) is 0 Å². The van der Waals surface area contributed by atoms with E-state index in [-0.39, 0.29) is 36.0 Å². The highest BCUT2D eigenvalue weighted by Crippen LogP contribution is 2.34. The zero-order valence-electron chi connectivity index (χ0n) is 18.1. The lowest BCUT2D eigenvalue weighted by Crippen LogP contribution is -2.41. The van der Waals surface area contributed by atoms with Gasteiger partial charge in [0.1, 0.15) is 18.2 Å². The minimum atomic E-state index is -0.282. The molecule has 0 radical (unpaired) electrons. The Labute approximate surface area is 182 Å². The second kappa shape index (κ2) is 11.3. The van der Waals surface area contributed by atoms with E-state index < -0.39 is 0 Å². The molecule has 0 spiro atoms. The van der Waals surface area contributed by atoms with Crippen LogP contribution in [-0.4, -0.2) is 69.3 Å². The van der Waals surface area contributed by atoms with Crippen molar-refractivity contribution in [1.82, 2.24) is 9.80 Å². The molecule has 3 rings (SSSR count). The van der Waals surface area contributed by atoms with Gasteiger partial charge in [-0.1, -0.05) is 30.3 Å². The van der Waals surface area contributed by atoms with Gasteiger partial charge in [-0.3, -0.25) is 9.69 Å². The fourth-order valence-electron chi connectivity index (χ4n) is 4.27. The Hall–Kier alpha value is -2.35. The Bertz CT molecular complexity index is 864. The second-order valence-corrected chi connectivity index (χ2v) is 7.97. The lowest BCUT2D eigenvalue weighted by Gasteiger charge is -2.28. The van der Waals surface area contributed by atoms with E-state index in [4.69, 9.17) is 9.47 Å². The molecule has 7 heteroatoms. The number of nitrogens with zero attached hydrogens (tertiary/aromatic N) is 2. The first-order valence-corrected chi connectivity index (χ1v) is 10.5. The molecule has 2 aromatic carbocycles. The summed E-state index contributed by atoms with van der Waals surface area (Å²) < 4.78 is 38.3. The Kier molecular flexibility index (Phi) is 8.51. The van der Waals surface area contributed by atoms with Crippen LogP contribution in [-0.2, 0) is 20.8 Å². The van der Waals surface area contributed by atoms with Gasteiger partial charge in [-0.15, -0.1) is 0 Å². The largest absolute Gasteiger partial charge is 0.383 e. The Morgan fingerprint density at radius 2 is 1.90 bits per heavy atom. The molecule has 2 aromatic rings. The monoisotopic (exact) mass is 432 g/mol. The molecule has 0 N–H and O–H groups in total. The van der Waals surface area contributed by atoms with Crippen LogP contribution in [0.5, 0.6) is 0 Å². The number of benzene rings is 2. The van der Waals surface area contributed by atoms with Gasteiger partial charge in [0.15, 0.2) is 0 Å². The van der Waals surface area contributed by atoms with Gasteiger partial charge < -0.3 is 14.4 Å². The topological polar surface area (TPSA) is 42.0 Å². The van der Waals surface area contributed by atoms with Crippen LogP contribution < -0.4 is 0 Å². The standard InChI is InChI=1S/C24H30F2N2O3/c1-30-11-10-28(24(29)17-31-2)15-20-14-27(13-19-6-3-4-9-23(19)26)16-22(20)18-7-5-8-21(25)12-18/h3-9,12,20,22H,10-11,13-17H2,1-2H3. The molecule has 1 saturated heterocycles. The predicted molar refractivity (Wildman–Crippen MR) is 115 cm³/mol. The maximum Gasteiger partial charge on any atom is 0.248 e. The molecule has 0 aliphatic carbocycles. The van der Waals surface area contributed by atoms with Gasteiger partial charge in [-0.2, -0.15) is 0 Å². The minimum Gasteiger partial charge on any atom is -0.383 e. The number of carbonyl (C=O) groups excluding carboxylic acids is 1. The van der Waals surface area contributed by atoms with Crippen molar-refractivity contribution in [1.29, 1.82) is 0 Å². The molecular weight excluding hydrogens is 402 g/mol. The van der Waals surface area contributed by atoms with E-state index in [1.165, 1.54) is 19.2 Å². The molecule has 2 atom stereocenters. The van der Waals surface area contributed by atoms with E-state index in [0.29, 0.717) is 44.9 Å². The van der Waals surface area contributed by atoms with Crippen LogP contribution in [0.3, 0.4) is 0 Å². The van der Waals surface area contributed by atoms with Crippen LogP contribution in [0.4, 0.5) is 8.78 Å². The number of hydrogen-bond donors (Lipinski definition) is 0. The lowest BCUT2D eigenvalue weighted by molar-refractivity contribution is -0.136.